The molecule has 1 atom stereocenters. The molecule has 2 aliphatic rings. The molecule has 0 saturated carbocycles. The molecule has 6 heteroatoms. The molecule has 0 aromatic heterocycles. The summed E-state index contributed by atoms with van der Waals surface area (Å²) in [5.41, 5.74) is 2.35. The van der Waals surface area contributed by atoms with Crippen molar-refractivity contribution in [3.63, 3.8) is 0 Å². The molecule has 1 saturated heterocycles. The number of amides is 2. The van der Waals surface area contributed by atoms with E-state index >= 15 is 0 Å². The van der Waals surface area contributed by atoms with E-state index in [1.807, 2.05) is 58.3 Å². The van der Waals surface area contributed by atoms with E-state index in [9.17, 15) is 9.59 Å². The van der Waals surface area contributed by atoms with Gasteiger partial charge >= 0.3 is 0 Å². The highest BCUT2D eigenvalue weighted by molar-refractivity contribution is 6.01. The van der Waals surface area contributed by atoms with Gasteiger partial charge in [0.2, 0.25) is 0 Å². The van der Waals surface area contributed by atoms with E-state index in [0.717, 1.165) is 37.2 Å². The number of nitrogens with one attached hydrogen (secondary N) is 1. The van der Waals surface area contributed by atoms with E-state index in [4.69, 9.17) is 4.74 Å². The molecule has 2 aliphatic heterocycles. The minimum atomic E-state index is -0.354. The molecule has 6 nitrogen and oxygen atoms in total. The minimum Gasteiger partial charge on any atom is -0.483 e. The van der Waals surface area contributed by atoms with Crippen molar-refractivity contribution >= 4 is 17.5 Å². The van der Waals surface area contributed by atoms with Crippen LogP contribution in [-0.2, 0) is 4.79 Å². The third-order valence-electron chi connectivity index (χ3n) is 5.61. The highest BCUT2D eigenvalue weighted by Crippen LogP contribution is 2.37. The summed E-state index contributed by atoms with van der Waals surface area (Å²) < 4.78 is 5.97. The first-order chi connectivity index (χ1) is 14.5. The molecule has 1 unspecified atom stereocenters. The van der Waals surface area contributed by atoms with Gasteiger partial charge in [0.1, 0.15) is 11.9 Å². The van der Waals surface area contributed by atoms with Crippen molar-refractivity contribution in [3.8, 4) is 5.75 Å². The standard InChI is InChI=1S/C24H29N3O3/c1-17(2)15-27-23(25-20-11-5-3-9-18(20)24(27)29)19-10-4-6-12-21(19)30-16-22(28)26-13-7-8-14-26/h3-6,9-12,17,23,25H,7-8,13-16H2,1-2H3. The van der Waals surface area contributed by atoms with Crippen LogP contribution >= 0.6 is 0 Å². The largest absolute Gasteiger partial charge is 0.483 e. The molecule has 2 aromatic rings. The molecule has 0 radical (unpaired) electrons. The number of carbonyl (C=O) groups is 2. The Morgan fingerprint density at radius 2 is 1.80 bits per heavy atom. The summed E-state index contributed by atoms with van der Waals surface area (Å²) in [7, 11) is 0. The van der Waals surface area contributed by atoms with Crippen LogP contribution in [0.3, 0.4) is 0 Å². The Bertz CT molecular complexity index is 921. The van der Waals surface area contributed by atoms with Gasteiger partial charge in [0.15, 0.2) is 6.61 Å². The maximum Gasteiger partial charge on any atom is 0.260 e. The van der Waals surface area contributed by atoms with Crippen molar-refractivity contribution in [2.45, 2.75) is 32.9 Å². The highest BCUT2D eigenvalue weighted by Gasteiger charge is 2.34. The topological polar surface area (TPSA) is 61.9 Å². The molecule has 1 N–H and O–H groups in total. The number of likely N-dealkylation sites (tertiary alicyclic amines) is 1. The van der Waals surface area contributed by atoms with Gasteiger partial charge in [-0.25, -0.2) is 0 Å². The summed E-state index contributed by atoms with van der Waals surface area (Å²) in [4.78, 5) is 29.4. The number of ether oxygens (including phenoxy) is 1. The van der Waals surface area contributed by atoms with E-state index < -0.39 is 0 Å². The number of hydrogen-bond acceptors (Lipinski definition) is 4. The van der Waals surface area contributed by atoms with Crippen LogP contribution in [0.2, 0.25) is 0 Å². The van der Waals surface area contributed by atoms with Crippen molar-refractivity contribution in [1.29, 1.82) is 0 Å². The van der Waals surface area contributed by atoms with Gasteiger partial charge in [0.05, 0.1) is 5.56 Å². The Morgan fingerprint density at radius 1 is 1.10 bits per heavy atom. The second-order valence-electron chi connectivity index (χ2n) is 8.36. The smallest absolute Gasteiger partial charge is 0.260 e. The third-order valence-corrected chi connectivity index (χ3v) is 5.61. The summed E-state index contributed by atoms with van der Waals surface area (Å²) in [6, 6.07) is 15.2. The molecule has 30 heavy (non-hydrogen) atoms. The zero-order valence-electron chi connectivity index (χ0n) is 17.6. The Labute approximate surface area is 177 Å². The highest BCUT2D eigenvalue weighted by atomic mass is 16.5. The van der Waals surface area contributed by atoms with Crippen LogP contribution in [0.5, 0.6) is 5.75 Å². The summed E-state index contributed by atoms with van der Waals surface area (Å²) in [5, 5.41) is 3.51. The van der Waals surface area contributed by atoms with Crippen molar-refractivity contribution in [3.05, 3.63) is 59.7 Å². The predicted molar refractivity (Wildman–Crippen MR) is 116 cm³/mol. The van der Waals surface area contributed by atoms with Gasteiger partial charge in [-0.2, -0.15) is 0 Å². The van der Waals surface area contributed by atoms with E-state index in [1.165, 1.54) is 0 Å². The number of anilines is 1. The first-order valence-electron chi connectivity index (χ1n) is 10.7. The Balaban J connectivity index is 1.61. The van der Waals surface area contributed by atoms with E-state index in [0.29, 0.717) is 23.8 Å². The van der Waals surface area contributed by atoms with Gasteiger partial charge in [-0.1, -0.05) is 44.2 Å². The quantitative estimate of drug-likeness (QED) is 0.789. The van der Waals surface area contributed by atoms with Crippen molar-refractivity contribution in [2.24, 2.45) is 5.92 Å². The number of hydrogen-bond donors (Lipinski definition) is 1. The number of para-hydroxylation sites is 2. The average molecular weight is 408 g/mol. The monoisotopic (exact) mass is 407 g/mol. The van der Waals surface area contributed by atoms with E-state index in [-0.39, 0.29) is 24.6 Å². The number of carbonyl (C=O) groups excluding carboxylic acids is 2. The Hall–Kier alpha value is -3.02. The fourth-order valence-electron chi connectivity index (χ4n) is 4.16. The summed E-state index contributed by atoms with van der Waals surface area (Å²) in [6.07, 6.45) is 1.76. The molecule has 2 heterocycles. The molecule has 4 rings (SSSR count). The third kappa shape index (κ3) is 4.13. The normalized spacial score (nSPS) is 18.4. The Kier molecular flexibility index (Phi) is 5.93. The number of nitrogens with zero attached hydrogens (tertiary/aromatic N) is 2. The van der Waals surface area contributed by atoms with Crippen molar-refractivity contribution in [2.75, 3.05) is 31.6 Å². The van der Waals surface area contributed by atoms with Gasteiger partial charge < -0.3 is 19.9 Å². The molecule has 2 amide bonds. The maximum absolute atomic E-state index is 13.3. The van der Waals surface area contributed by atoms with Crippen molar-refractivity contribution < 1.29 is 14.3 Å². The zero-order valence-corrected chi connectivity index (χ0v) is 17.6. The van der Waals surface area contributed by atoms with Gasteiger partial charge in [-0.3, -0.25) is 9.59 Å². The lowest BCUT2D eigenvalue weighted by Gasteiger charge is -2.39. The lowest BCUT2D eigenvalue weighted by molar-refractivity contribution is -0.132. The van der Waals surface area contributed by atoms with Crippen LogP contribution < -0.4 is 10.1 Å². The molecule has 0 bridgehead atoms. The van der Waals surface area contributed by atoms with E-state index in [1.54, 1.807) is 0 Å². The van der Waals surface area contributed by atoms with Gasteiger partial charge in [0, 0.05) is 30.9 Å². The van der Waals surface area contributed by atoms with Crippen LogP contribution in [-0.4, -0.2) is 47.9 Å². The Morgan fingerprint density at radius 3 is 2.57 bits per heavy atom. The van der Waals surface area contributed by atoms with Crippen LogP contribution in [0.15, 0.2) is 48.5 Å². The van der Waals surface area contributed by atoms with Crippen LogP contribution in [0.25, 0.3) is 0 Å². The SMILES string of the molecule is CC(C)CN1C(=O)c2ccccc2NC1c1ccccc1OCC(=O)N1CCCC1. The molecule has 0 aliphatic carbocycles. The van der Waals surface area contributed by atoms with Gasteiger partial charge in [0.25, 0.3) is 11.8 Å². The maximum atomic E-state index is 13.3. The first-order valence-corrected chi connectivity index (χ1v) is 10.7. The van der Waals surface area contributed by atoms with Crippen LogP contribution in [0.4, 0.5) is 5.69 Å². The number of rotatable bonds is 6. The second-order valence-corrected chi connectivity index (χ2v) is 8.36. The minimum absolute atomic E-state index is 0.00555. The predicted octanol–water partition coefficient (Wildman–Crippen LogP) is 3.91. The average Bonchev–Trinajstić information content (AvgIpc) is 3.29. The van der Waals surface area contributed by atoms with Crippen LogP contribution in [0, 0.1) is 5.92 Å². The molecule has 2 aromatic carbocycles. The molecular weight excluding hydrogens is 378 g/mol. The molecular formula is C24H29N3O3. The van der Waals surface area contributed by atoms with Crippen LogP contribution in [0.1, 0.15) is 48.8 Å². The first kappa shape index (κ1) is 20.3. The molecule has 1 fully saturated rings. The molecule has 158 valence electrons. The van der Waals surface area contributed by atoms with Gasteiger partial charge in [-0.05, 0) is 37.0 Å². The van der Waals surface area contributed by atoms with E-state index in [2.05, 4.69) is 19.2 Å². The lowest BCUT2D eigenvalue weighted by Crippen LogP contribution is -2.44. The molecule has 0 spiro atoms. The fourth-order valence-corrected chi connectivity index (χ4v) is 4.16. The summed E-state index contributed by atoms with van der Waals surface area (Å²) >= 11 is 0. The summed E-state index contributed by atoms with van der Waals surface area (Å²) in [5.74, 6) is 0.960. The van der Waals surface area contributed by atoms with Crippen molar-refractivity contribution in [1.82, 2.24) is 9.80 Å². The summed E-state index contributed by atoms with van der Waals surface area (Å²) in [6.45, 7) is 6.44. The zero-order chi connectivity index (χ0) is 21.1. The number of fused-ring (bicyclic) bond motifs is 1. The number of benzene rings is 2. The second kappa shape index (κ2) is 8.78. The fraction of sp³-hybridized carbons (Fsp3) is 0.417. The van der Waals surface area contributed by atoms with Gasteiger partial charge in [-0.15, -0.1) is 0 Å². The lowest BCUT2D eigenvalue weighted by atomic mass is 10.0.